The summed E-state index contributed by atoms with van der Waals surface area (Å²) in [6.07, 6.45) is -9.11. The molecular weight excluding hydrogens is 819 g/mol. The van der Waals surface area contributed by atoms with E-state index in [0.717, 1.165) is 56.8 Å². The van der Waals surface area contributed by atoms with Gasteiger partial charge in [-0.15, -0.1) is 0 Å². The lowest BCUT2D eigenvalue weighted by molar-refractivity contribution is -0.138. The van der Waals surface area contributed by atoms with Gasteiger partial charge >= 0.3 is 12.4 Å². The molecule has 0 radical (unpaired) electrons. The standard InChI is InChI=1S/C54H32F6N4/c1-31-18-37(23-40(20-31)53(55,56)57)35-14-16-44-42-10-3-5-12-47(42)63(49(44)25-35)51-27-39(34-9-7-8-33(22-34)29-61)28-52(46(51)30-62)64-48-13-6-4-11-43(48)45-17-15-36(26-50(45)64)38-19-32(2)21-41(24-38)54(58,59)60/h3-28H,1-2H3. The number of nitrogens with zero attached hydrogens (tertiary/aromatic N) is 4. The van der Waals surface area contributed by atoms with E-state index in [9.17, 15) is 36.9 Å². The highest BCUT2D eigenvalue weighted by atomic mass is 19.4. The minimum atomic E-state index is -4.55. The number of hydrogen-bond acceptors (Lipinski definition) is 2. The smallest absolute Gasteiger partial charge is 0.308 e. The van der Waals surface area contributed by atoms with Crippen LogP contribution in [0.4, 0.5) is 26.3 Å². The van der Waals surface area contributed by atoms with E-state index in [1.807, 2.05) is 100 Å². The first-order valence-electron chi connectivity index (χ1n) is 20.2. The zero-order chi connectivity index (χ0) is 44.7. The predicted molar refractivity (Wildman–Crippen MR) is 240 cm³/mol. The quantitative estimate of drug-likeness (QED) is 0.162. The summed E-state index contributed by atoms with van der Waals surface area (Å²) in [7, 11) is 0. The molecule has 10 rings (SSSR count). The molecule has 10 heteroatoms. The van der Waals surface area contributed by atoms with Crippen LogP contribution in [0.3, 0.4) is 0 Å². The average Bonchev–Trinajstić information content (AvgIpc) is 3.79. The molecule has 0 aliphatic heterocycles. The molecule has 2 aromatic heterocycles. The van der Waals surface area contributed by atoms with Crippen LogP contribution in [0.2, 0.25) is 0 Å². The number of aryl methyl sites for hydroxylation is 2. The molecule has 64 heavy (non-hydrogen) atoms. The van der Waals surface area contributed by atoms with Crippen LogP contribution in [0, 0.1) is 36.5 Å². The van der Waals surface area contributed by atoms with Gasteiger partial charge in [-0.1, -0.05) is 84.9 Å². The zero-order valence-corrected chi connectivity index (χ0v) is 34.1. The third-order valence-corrected chi connectivity index (χ3v) is 11.8. The lowest BCUT2D eigenvalue weighted by Gasteiger charge is -2.19. The molecule has 0 saturated carbocycles. The SMILES string of the molecule is Cc1cc(-c2ccc3c4ccccc4n(-c4cc(-c5cccc(C#N)c5)cc(-n5c6ccccc6c6ccc(-c7cc(C)cc(C(F)(F)F)c7)cc65)c4C#N)c3c2)cc(C(F)(F)F)c1. The summed E-state index contributed by atoms with van der Waals surface area (Å²) < 4.78 is 88.4. The highest BCUT2D eigenvalue weighted by Gasteiger charge is 2.32. The maximum absolute atomic E-state index is 14.1. The van der Waals surface area contributed by atoms with Gasteiger partial charge in [-0.3, -0.25) is 0 Å². The van der Waals surface area contributed by atoms with Gasteiger partial charge in [-0.05, 0) is 131 Å². The molecule has 2 heterocycles. The second-order valence-corrected chi connectivity index (χ2v) is 16.0. The van der Waals surface area contributed by atoms with Crippen molar-refractivity contribution in [3.63, 3.8) is 0 Å². The van der Waals surface area contributed by atoms with Crippen LogP contribution >= 0.6 is 0 Å². The molecule has 0 fully saturated rings. The molecule has 0 amide bonds. The first-order valence-corrected chi connectivity index (χ1v) is 20.2. The number of benzene rings is 8. The first kappa shape index (κ1) is 40.0. The summed E-state index contributed by atoms with van der Waals surface area (Å²) >= 11 is 0. The number of alkyl halides is 6. The van der Waals surface area contributed by atoms with E-state index in [1.165, 1.54) is 0 Å². The maximum Gasteiger partial charge on any atom is 0.416 e. The average molecular weight is 851 g/mol. The normalized spacial score (nSPS) is 12.0. The van der Waals surface area contributed by atoms with Crippen molar-refractivity contribution in [2.24, 2.45) is 0 Å². The minimum Gasteiger partial charge on any atom is -0.308 e. The second-order valence-electron chi connectivity index (χ2n) is 16.0. The van der Waals surface area contributed by atoms with Gasteiger partial charge in [0.2, 0.25) is 0 Å². The molecule has 0 aliphatic rings. The fourth-order valence-corrected chi connectivity index (χ4v) is 9.06. The zero-order valence-electron chi connectivity index (χ0n) is 34.1. The Morgan fingerprint density at radius 2 is 0.828 bits per heavy atom. The van der Waals surface area contributed by atoms with Crippen LogP contribution in [-0.4, -0.2) is 9.13 Å². The Morgan fingerprint density at radius 1 is 0.391 bits per heavy atom. The van der Waals surface area contributed by atoms with Crippen LogP contribution in [0.5, 0.6) is 0 Å². The molecule has 10 aromatic rings. The Bertz CT molecular complexity index is 3450. The van der Waals surface area contributed by atoms with Gasteiger partial charge in [0.25, 0.3) is 0 Å². The van der Waals surface area contributed by atoms with E-state index in [0.29, 0.717) is 72.5 Å². The van der Waals surface area contributed by atoms with Gasteiger partial charge in [-0.25, -0.2) is 0 Å². The summed E-state index contributed by atoms with van der Waals surface area (Å²) in [6, 6.07) is 49.9. The summed E-state index contributed by atoms with van der Waals surface area (Å²) in [5.74, 6) is 0. The molecule has 0 N–H and O–H groups in total. The Hall–Kier alpha value is -8.08. The molecule has 0 unspecified atom stereocenters. The fourth-order valence-electron chi connectivity index (χ4n) is 9.06. The second kappa shape index (κ2) is 14.8. The molecule has 0 saturated heterocycles. The van der Waals surface area contributed by atoms with Crippen LogP contribution < -0.4 is 0 Å². The minimum absolute atomic E-state index is 0.256. The molecule has 8 aromatic carbocycles. The van der Waals surface area contributed by atoms with E-state index in [4.69, 9.17) is 0 Å². The molecule has 310 valence electrons. The number of nitriles is 2. The summed E-state index contributed by atoms with van der Waals surface area (Å²) in [5.41, 5.74) is 6.95. The molecule has 0 spiro atoms. The van der Waals surface area contributed by atoms with Crippen molar-refractivity contribution in [3.05, 3.63) is 191 Å². The molecule has 0 aliphatic carbocycles. The largest absolute Gasteiger partial charge is 0.416 e. The lowest BCUT2D eigenvalue weighted by atomic mass is 9.97. The number of fused-ring (bicyclic) bond motifs is 6. The van der Waals surface area contributed by atoms with Crippen molar-refractivity contribution >= 4 is 43.6 Å². The Labute approximate surface area is 362 Å². The monoisotopic (exact) mass is 850 g/mol. The van der Waals surface area contributed by atoms with Crippen LogP contribution in [0.1, 0.15) is 33.4 Å². The van der Waals surface area contributed by atoms with Crippen molar-refractivity contribution in [1.82, 2.24) is 9.13 Å². The van der Waals surface area contributed by atoms with Crippen LogP contribution in [-0.2, 0) is 12.4 Å². The Kier molecular flexibility index (Phi) is 9.25. The molecule has 4 nitrogen and oxygen atoms in total. The lowest BCUT2D eigenvalue weighted by Crippen LogP contribution is -2.06. The third kappa shape index (κ3) is 6.72. The van der Waals surface area contributed by atoms with Gasteiger partial charge in [0.15, 0.2) is 0 Å². The number of rotatable bonds is 5. The van der Waals surface area contributed by atoms with Crippen molar-refractivity contribution in [3.8, 4) is 56.9 Å². The van der Waals surface area contributed by atoms with E-state index >= 15 is 0 Å². The van der Waals surface area contributed by atoms with Crippen molar-refractivity contribution in [2.45, 2.75) is 26.2 Å². The fraction of sp³-hybridized carbons (Fsp3) is 0.0741. The van der Waals surface area contributed by atoms with E-state index in [-0.39, 0.29) is 5.56 Å². The topological polar surface area (TPSA) is 57.4 Å². The number of halogens is 6. The van der Waals surface area contributed by atoms with E-state index < -0.39 is 23.5 Å². The van der Waals surface area contributed by atoms with Crippen LogP contribution in [0.15, 0.2) is 158 Å². The Balaban J connectivity index is 1.31. The Morgan fingerprint density at radius 3 is 1.28 bits per heavy atom. The van der Waals surface area contributed by atoms with E-state index in [1.54, 1.807) is 56.3 Å². The van der Waals surface area contributed by atoms with Crippen molar-refractivity contribution in [1.29, 1.82) is 10.5 Å². The summed E-state index contributed by atoms with van der Waals surface area (Å²) in [6.45, 7) is 3.25. The molecule has 0 atom stereocenters. The van der Waals surface area contributed by atoms with Crippen molar-refractivity contribution < 1.29 is 26.3 Å². The number of aromatic nitrogens is 2. The van der Waals surface area contributed by atoms with Crippen molar-refractivity contribution in [2.75, 3.05) is 0 Å². The first-order chi connectivity index (χ1) is 30.7. The number of para-hydroxylation sites is 2. The highest BCUT2D eigenvalue weighted by Crippen LogP contribution is 2.43. The summed E-state index contributed by atoms with van der Waals surface area (Å²) in [4.78, 5) is 0. The molecule has 0 bridgehead atoms. The van der Waals surface area contributed by atoms with E-state index in [2.05, 4.69) is 12.1 Å². The maximum atomic E-state index is 14.1. The van der Waals surface area contributed by atoms with Gasteiger partial charge < -0.3 is 9.13 Å². The van der Waals surface area contributed by atoms with Gasteiger partial charge in [0, 0.05) is 21.5 Å². The van der Waals surface area contributed by atoms with Gasteiger partial charge in [0.1, 0.15) is 11.6 Å². The van der Waals surface area contributed by atoms with Crippen LogP contribution in [0.25, 0.3) is 88.4 Å². The van der Waals surface area contributed by atoms with Gasteiger partial charge in [0.05, 0.1) is 56.2 Å². The van der Waals surface area contributed by atoms with Gasteiger partial charge in [-0.2, -0.15) is 36.9 Å². The number of hydrogen-bond donors (Lipinski definition) is 0. The summed E-state index contributed by atoms with van der Waals surface area (Å²) in [5, 5.41) is 24.7. The third-order valence-electron chi connectivity index (χ3n) is 11.8. The molecular formula is C54H32F6N4. The highest BCUT2D eigenvalue weighted by molar-refractivity contribution is 6.12. The predicted octanol–water partition coefficient (Wildman–Crippen LogP) is 15.3.